The molecule has 2 heterocycles. The summed E-state index contributed by atoms with van der Waals surface area (Å²) in [6.45, 7) is 9.20. The summed E-state index contributed by atoms with van der Waals surface area (Å²) in [5.74, 6) is 0.629. The molecule has 0 aliphatic carbocycles. The third kappa shape index (κ3) is 2.62. The minimum atomic E-state index is 0.629. The van der Waals surface area contributed by atoms with Crippen LogP contribution in [0.2, 0.25) is 0 Å². The Hall–Kier alpha value is -0.870. The van der Waals surface area contributed by atoms with Gasteiger partial charge < -0.3 is 9.64 Å². The summed E-state index contributed by atoms with van der Waals surface area (Å²) in [4.78, 5) is 2.47. The first-order chi connectivity index (χ1) is 7.81. The van der Waals surface area contributed by atoms with Gasteiger partial charge in [-0.15, -0.1) is 0 Å². The number of ether oxygens (including phenoxy) is 1. The Morgan fingerprint density at radius 1 is 1.62 bits per heavy atom. The van der Waals surface area contributed by atoms with Gasteiger partial charge in [-0.3, -0.25) is 5.10 Å². The average molecular weight is 223 g/mol. The molecule has 1 aliphatic rings. The molecule has 0 bridgehead atoms. The van der Waals surface area contributed by atoms with Crippen LogP contribution < -0.4 is 0 Å². The van der Waals surface area contributed by atoms with Crippen molar-refractivity contribution in [3.63, 3.8) is 0 Å². The molecule has 2 rings (SSSR count). The maximum atomic E-state index is 5.38. The second-order valence-corrected chi connectivity index (χ2v) is 4.45. The maximum absolute atomic E-state index is 5.38. The predicted octanol–water partition coefficient (Wildman–Crippen LogP) is 1.54. The molecule has 16 heavy (non-hydrogen) atoms. The molecule has 1 saturated heterocycles. The fourth-order valence-corrected chi connectivity index (χ4v) is 2.38. The van der Waals surface area contributed by atoms with E-state index in [1.54, 1.807) is 0 Å². The van der Waals surface area contributed by atoms with Gasteiger partial charge >= 0.3 is 0 Å². The zero-order valence-electron chi connectivity index (χ0n) is 10.2. The van der Waals surface area contributed by atoms with Crippen LogP contribution in [0.25, 0.3) is 0 Å². The first-order valence-electron chi connectivity index (χ1n) is 6.11. The van der Waals surface area contributed by atoms with Gasteiger partial charge in [-0.25, -0.2) is 0 Å². The largest absolute Gasteiger partial charge is 0.380 e. The minimum absolute atomic E-state index is 0.629. The van der Waals surface area contributed by atoms with Crippen LogP contribution in [0.5, 0.6) is 0 Å². The van der Waals surface area contributed by atoms with Crippen molar-refractivity contribution in [3.8, 4) is 0 Å². The molecule has 4 heteroatoms. The lowest BCUT2D eigenvalue weighted by Gasteiger charge is -2.15. The number of nitrogens with one attached hydrogen (secondary N) is 1. The summed E-state index contributed by atoms with van der Waals surface area (Å²) in [5, 5.41) is 7.23. The van der Waals surface area contributed by atoms with Crippen molar-refractivity contribution in [2.45, 2.75) is 26.2 Å². The van der Waals surface area contributed by atoms with Crippen LogP contribution >= 0.6 is 0 Å². The first-order valence-corrected chi connectivity index (χ1v) is 6.11. The fraction of sp³-hybridized carbons (Fsp3) is 0.750. The quantitative estimate of drug-likeness (QED) is 0.770. The van der Waals surface area contributed by atoms with Gasteiger partial charge in [0.15, 0.2) is 0 Å². The van der Waals surface area contributed by atoms with Crippen LogP contribution in [0.1, 0.15) is 30.5 Å². The normalized spacial score (nSPS) is 21.8. The number of aromatic nitrogens is 2. The highest BCUT2D eigenvalue weighted by Gasteiger charge is 2.25. The van der Waals surface area contributed by atoms with Gasteiger partial charge in [0.25, 0.3) is 0 Å². The Morgan fingerprint density at radius 2 is 2.50 bits per heavy atom. The van der Waals surface area contributed by atoms with E-state index in [9.17, 15) is 0 Å². The molecular weight excluding hydrogens is 202 g/mol. The Kier molecular flexibility index (Phi) is 3.96. The van der Waals surface area contributed by atoms with Crippen molar-refractivity contribution < 1.29 is 4.74 Å². The molecular formula is C12H21N3O. The fourth-order valence-electron chi connectivity index (χ4n) is 2.38. The Balaban J connectivity index is 1.82. The molecule has 1 aromatic heterocycles. The standard InChI is InChI=1S/C12H21N3O/c1-3-16-7-6-15-5-4-11(9-15)12-10(2)8-13-14-12/h8,11H,3-7,9H2,1-2H3,(H,13,14)/t11-/m0/s1. The van der Waals surface area contributed by atoms with Gasteiger partial charge in [0, 0.05) is 31.3 Å². The second-order valence-electron chi connectivity index (χ2n) is 4.45. The zero-order chi connectivity index (χ0) is 11.4. The van der Waals surface area contributed by atoms with Crippen LogP contribution in [-0.2, 0) is 4.74 Å². The van der Waals surface area contributed by atoms with Crippen molar-refractivity contribution in [3.05, 3.63) is 17.5 Å². The first kappa shape index (κ1) is 11.6. The number of rotatable bonds is 5. The topological polar surface area (TPSA) is 41.1 Å². The highest BCUT2D eigenvalue weighted by molar-refractivity contribution is 5.20. The molecule has 1 aliphatic heterocycles. The Bertz CT molecular complexity index is 324. The number of aryl methyl sites for hydroxylation is 1. The van der Waals surface area contributed by atoms with E-state index in [0.29, 0.717) is 5.92 Å². The summed E-state index contributed by atoms with van der Waals surface area (Å²) >= 11 is 0. The third-order valence-electron chi connectivity index (χ3n) is 3.30. The van der Waals surface area contributed by atoms with Crippen molar-refractivity contribution in [1.82, 2.24) is 15.1 Å². The summed E-state index contributed by atoms with van der Waals surface area (Å²) in [6, 6.07) is 0. The van der Waals surface area contributed by atoms with E-state index < -0.39 is 0 Å². The van der Waals surface area contributed by atoms with E-state index in [0.717, 1.165) is 26.3 Å². The predicted molar refractivity (Wildman–Crippen MR) is 63.6 cm³/mol. The Labute approximate surface area is 97.0 Å². The SMILES string of the molecule is CCOCCN1CC[C@H](c2[nH]ncc2C)C1. The molecule has 4 nitrogen and oxygen atoms in total. The van der Waals surface area contributed by atoms with Gasteiger partial charge in [-0.2, -0.15) is 5.10 Å². The van der Waals surface area contributed by atoms with Crippen molar-refractivity contribution >= 4 is 0 Å². The van der Waals surface area contributed by atoms with E-state index >= 15 is 0 Å². The van der Waals surface area contributed by atoms with Crippen LogP contribution in [-0.4, -0.2) is 47.9 Å². The molecule has 1 aromatic rings. The molecule has 0 radical (unpaired) electrons. The lowest BCUT2D eigenvalue weighted by molar-refractivity contribution is 0.121. The van der Waals surface area contributed by atoms with E-state index in [-0.39, 0.29) is 0 Å². The van der Waals surface area contributed by atoms with E-state index in [1.165, 1.54) is 24.2 Å². The molecule has 0 aromatic carbocycles. The average Bonchev–Trinajstić information content (AvgIpc) is 2.87. The number of aromatic amines is 1. The number of hydrogen-bond donors (Lipinski definition) is 1. The van der Waals surface area contributed by atoms with Crippen molar-refractivity contribution in [2.75, 3.05) is 32.8 Å². The minimum Gasteiger partial charge on any atom is -0.380 e. The highest BCUT2D eigenvalue weighted by atomic mass is 16.5. The van der Waals surface area contributed by atoms with Crippen molar-refractivity contribution in [2.24, 2.45) is 0 Å². The third-order valence-corrected chi connectivity index (χ3v) is 3.30. The van der Waals surface area contributed by atoms with Gasteiger partial charge in [0.2, 0.25) is 0 Å². The summed E-state index contributed by atoms with van der Waals surface area (Å²) < 4.78 is 5.38. The summed E-state index contributed by atoms with van der Waals surface area (Å²) in [6.07, 6.45) is 3.15. The smallest absolute Gasteiger partial charge is 0.0593 e. The molecule has 1 atom stereocenters. The van der Waals surface area contributed by atoms with E-state index in [2.05, 4.69) is 22.0 Å². The number of H-pyrrole nitrogens is 1. The van der Waals surface area contributed by atoms with E-state index in [1.807, 2.05) is 13.1 Å². The molecule has 1 N–H and O–H groups in total. The zero-order valence-corrected chi connectivity index (χ0v) is 10.2. The molecule has 90 valence electrons. The number of likely N-dealkylation sites (tertiary alicyclic amines) is 1. The lowest BCUT2D eigenvalue weighted by atomic mass is 10.0. The molecule has 0 spiro atoms. The van der Waals surface area contributed by atoms with Gasteiger partial charge in [-0.1, -0.05) is 0 Å². The molecule has 0 amide bonds. The maximum Gasteiger partial charge on any atom is 0.0593 e. The Morgan fingerprint density at radius 3 is 3.19 bits per heavy atom. The second kappa shape index (κ2) is 5.46. The summed E-state index contributed by atoms with van der Waals surface area (Å²) in [7, 11) is 0. The number of nitrogens with zero attached hydrogens (tertiary/aromatic N) is 2. The van der Waals surface area contributed by atoms with Crippen LogP contribution in [0, 0.1) is 6.92 Å². The molecule has 0 unspecified atom stereocenters. The van der Waals surface area contributed by atoms with Crippen LogP contribution in [0.3, 0.4) is 0 Å². The van der Waals surface area contributed by atoms with Gasteiger partial charge in [-0.05, 0) is 32.4 Å². The van der Waals surface area contributed by atoms with Crippen LogP contribution in [0.15, 0.2) is 6.20 Å². The molecule has 1 fully saturated rings. The number of hydrogen-bond acceptors (Lipinski definition) is 3. The summed E-state index contributed by atoms with van der Waals surface area (Å²) in [5.41, 5.74) is 2.61. The van der Waals surface area contributed by atoms with Gasteiger partial charge in [0.05, 0.1) is 12.8 Å². The van der Waals surface area contributed by atoms with E-state index in [4.69, 9.17) is 4.74 Å². The van der Waals surface area contributed by atoms with Crippen molar-refractivity contribution in [1.29, 1.82) is 0 Å². The van der Waals surface area contributed by atoms with Gasteiger partial charge in [0.1, 0.15) is 0 Å². The molecule has 0 saturated carbocycles. The van der Waals surface area contributed by atoms with Crippen LogP contribution in [0.4, 0.5) is 0 Å². The monoisotopic (exact) mass is 223 g/mol. The highest BCUT2D eigenvalue weighted by Crippen LogP contribution is 2.27. The lowest BCUT2D eigenvalue weighted by Crippen LogP contribution is -2.25.